The third kappa shape index (κ3) is 5.26. The SMILES string of the molecule is COCC(NC(=O)Nc1ccc(C(F)(F)F)nc1)C(=O)O. The Morgan fingerprint density at radius 2 is 2.10 bits per heavy atom. The fourth-order valence-electron chi connectivity index (χ4n) is 1.30. The zero-order chi connectivity index (χ0) is 16.0. The first kappa shape index (κ1) is 16.7. The van der Waals surface area contributed by atoms with E-state index >= 15 is 0 Å². The summed E-state index contributed by atoms with van der Waals surface area (Å²) in [5.41, 5.74) is -1.11. The highest BCUT2D eigenvalue weighted by Crippen LogP contribution is 2.27. The lowest BCUT2D eigenvalue weighted by atomic mass is 10.3. The molecule has 7 nitrogen and oxygen atoms in total. The van der Waals surface area contributed by atoms with Gasteiger partial charge in [-0.25, -0.2) is 14.6 Å². The Labute approximate surface area is 117 Å². The minimum atomic E-state index is -4.58. The minimum Gasteiger partial charge on any atom is -0.480 e. The number of aromatic nitrogens is 1. The van der Waals surface area contributed by atoms with Crippen molar-refractivity contribution in [3.05, 3.63) is 24.0 Å². The van der Waals surface area contributed by atoms with E-state index in [0.717, 1.165) is 12.3 Å². The summed E-state index contributed by atoms with van der Waals surface area (Å²) in [6, 6.07) is -0.487. The summed E-state index contributed by atoms with van der Waals surface area (Å²) in [6.45, 7) is -0.256. The van der Waals surface area contributed by atoms with Crippen LogP contribution in [-0.4, -0.2) is 41.8 Å². The van der Waals surface area contributed by atoms with Crippen molar-refractivity contribution in [1.29, 1.82) is 0 Å². The van der Waals surface area contributed by atoms with Crippen LogP contribution in [0, 0.1) is 0 Å². The second-order valence-electron chi connectivity index (χ2n) is 3.87. The summed E-state index contributed by atoms with van der Waals surface area (Å²) >= 11 is 0. The van der Waals surface area contributed by atoms with E-state index in [9.17, 15) is 22.8 Å². The lowest BCUT2D eigenvalue weighted by molar-refractivity contribution is -0.141. The van der Waals surface area contributed by atoms with Crippen molar-refractivity contribution in [2.45, 2.75) is 12.2 Å². The number of carbonyl (C=O) groups excluding carboxylic acids is 1. The van der Waals surface area contributed by atoms with E-state index in [2.05, 4.69) is 20.4 Å². The summed E-state index contributed by atoms with van der Waals surface area (Å²) in [5, 5.41) is 13.0. The molecule has 0 saturated heterocycles. The van der Waals surface area contributed by atoms with Crippen LogP contribution in [0.15, 0.2) is 18.3 Å². The van der Waals surface area contributed by atoms with E-state index in [1.807, 2.05) is 0 Å². The van der Waals surface area contributed by atoms with Crippen LogP contribution in [-0.2, 0) is 15.7 Å². The van der Waals surface area contributed by atoms with E-state index < -0.39 is 29.9 Å². The largest absolute Gasteiger partial charge is 0.480 e. The van der Waals surface area contributed by atoms with E-state index in [4.69, 9.17) is 5.11 Å². The molecule has 0 aliphatic rings. The summed E-state index contributed by atoms with van der Waals surface area (Å²) in [5.74, 6) is -1.31. The Bertz CT molecular complexity index is 504. The predicted octanol–water partition coefficient (Wildman–Crippen LogP) is 1.32. The lowest BCUT2D eigenvalue weighted by Crippen LogP contribution is -2.45. The highest BCUT2D eigenvalue weighted by molar-refractivity contribution is 5.92. The summed E-state index contributed by atoms with van der Waals surface area (Å²) in [4.78, 5) is 25.4. The van der Waals surface area contributed by atoms with Crippen molar-refractivity contribution in [1.82, 2.24) is 10.3 Å². The fraction of sp³-hybridized carbons (Fsp3) is 0.364. The molecule has 116 valence electrons. The molecular weight excluding hydrogens is 295 g/mol. The first-order valence-corrected chi connectivity index (χ1v) is 5.56. The first-order chi connectivity index (χ1) is 9.74. The van der Waals surface area contributed by atoms with Gasteiger partial charge in [0.1, 0.15) is 5.69 Å². The average Bonchev–Trinajstić information content (AvgIpc) is 2.37. The van der Waals surface area contributed by atoms with Crippen molar-refractivity contribution in [3.8, 4) is 0 Å². The molecular formula is C11H12F3N3O4. The number of carbonyl (C=O) groups is 2. The number of hydrogen-bond acceptors (Lipinski definition) is 4. The average molecular weight is 307 g/mol. The number of anilines is 1. The van der Waals surface area contributed by atoms with Crippen molar-refractivity contribution in [2.24, 2.45) is 0 Å². The Morgan fingerprint density at radius 3 is 2.52 bits per heavy atom. The van der Waals surface area contributed by atoms with Crippen LogP contribution >= 0.6 is 0 Å². The summed E-state index contributed by atoms with van der Waals surface area (Å²) < 4.78 is 41.5. The number of urea groups is 1. The van der Waals surface area contributed by atoms with Crippen LogP contribution in [0.3, 0.4) is 0 Å². The minimum absolute atomic E-state index is 0.0120. The Hall–Kier alpha value is -2.36. The third-order valence-electron chi connectivity index (χ3n) is 2.25. The van der Waals surface area contributed by atoms with Crippen molar-refractivity contribution < 1.29 is 32.6 Å². The van der Waals surface area contributed by atoms with Gasteiger partial charge in [-0.1, -0.05) is 0 Å². The monoisotopic (exact) mass is 307 g/mol. The molecule has 2 amide bonds. The number of methoxy groups -OCH3 is 1. The van der Waals surface area contributed by atoms with E-state index in [1.54, 1.807) is 0 Å². The van der Waals surface area contributed by atoms with Gasteiger partial charge < -0.3 is 20.5 Å². The normalized spacial score (nSPS) is 12.6. The molecule has 0 aromatic carbocycles. The molecule has 0 bridgehead atoms. The smallest absolute Gasteiger partial charge is 0.433 e. The number of hydrogen-bond donors (Lipinski definition) is 3. The molecule has 1 heterocycles. The molecule has 1 rings (SSSR count). The van der Waals surface area contributed by atoms with Gasteiger partial charge in [0.25, 0.3) is 0 Å². The molecule has 1 aromatic rings. The topological polar surface area (TPSA) is 101 Å². The van der Waals surface area contributed by atoms with Crippen molar-refractivity contribution in [2.75, 3.05) is 19.0 Å². The lowest BCUT2D eigenvalue weighted by Gasteiger charge is -2.14. The molecule has 3 N–H and O–H groups in total. The molecule has 0 saturated carbocycles. The number of ether oxygens (including phenoxy) is 1. The zero-order valence-corrected chi connectivity index (χ0v) is 10.8. The molecule has 1 unspecified atom stereocenters. The quantitative estimate of drug-likeness (QED) is 0.761. The van der Waals surface area contributed by atoms with Gasteiger partial charge in [-0.15, -0.1) is 0 Å². The maximum absolute atomic E-state index is 12.3. The highest BCUT2D eigenvalue weighted by atomic mass is 19.4. The molecule has 1 aromatic heterocycles. The van der Waals surface area contributed by atoms with Crippen LogP contribution < -0.4 is 10.6 Å². The second kappa shape index (κ2) is 6.88. The van der Waals surface area contributed by atoms with E-state index in [1.165, 1.54) is 7.11 Å². The van der Waals surface area contributed by atoms with Gasteiger partial charge in [-0.05, 0) is 12.1 Å². The number of amides is 2. The third-order valence-corrected chi connectivity index (χ3v) is 2.25. The number of nitrogens with zero attached hydrogens (tertiary/aromatic N) is 1. The molecule has 21 heavy (non-hydrogen) atoms. The van der Waals surface area contributed by atoms with Crippen LogP contribution in [0.4, 0.5) is 23.7 Å². The molecule has 1 atom stereocenters. The fourth-order valence-corrected chi connectivity index (χ4v) is 1.30. The van der Waals surface area contributed by atoms with Crippen molar-refractivity contribution >= 4 is 17.7 Å². The summed E-state index contributed by atoms with van der Waals surface area (Å²) in [6.07, 6.45) is -3.76. The molecule has 0 aliphatic heterocycles. The van der Waals surface area contributed by atoms with Gasteiger partial charge in [-0.2, -0.15) is 13.2 Å². The number of halogens is 3. The van der Waals surface area contributed by atoms with Gasteiger partial charge in [-0.3, -0.25) is 0 Å². The van der Waals surface area contributed by atoms with Crippen molar-refractivity contribution in [3.63, 3.8) is 0 Å². The molecule has 0 fully saturated rings. The van der Waals surface area contributed by atoms with Gasteiger partial charge in [0.05, 0.1) is 18.5 Å². The molecule has 0 spiro atoms. The number of carboxylic acids is 1. The van der Waals surface area contributed by atoms with Gasteiger partial charge in [0.15, 0.2) is 6.04 Å². The zero-order valence-electron chi connectivity index (χ0n) is 10.8. The van der Waals surface area contributed by atoms with Gasteiger partial charge in [0.2, 0.25) is 0 Å². The van der Waals surface area contributed by atoms with Crippen LogP contribution in [0.1, 0.15) is 5.69 Å². The van der Waals surface area contributed by atoms with Crippen LogP contribution in [0.5, 0.6) is 0 Å². The molecule has 0 aliphatic carbocycles. The number of rotatable bonds is 5. The van der Waals surface area contributed by atoms with E-state index in [-0.39, 0.29) is 12.3 Å². The van der Waals surface area contributed by atoms with Crippen LogP contribution in [0.25, 0.3) is 0 Å². The number of alkyl halides is 3. The first-order valence-electron chi connectivity index (χ1n) is 5.56. The number of nitrogens with one attached hydrogen (secondary N) is 2. The number of pyridine rings is 1. The summed E-state index contributed by atoms with van der Waals surface area (Å²) in [7, 11) is 1.26. The Balaban J connectivity index is 2.64. The number of carboxylic acid groups (broad SMARTS) is 1. The van der Waals surface area contributed by atoms with Gasteiger partial charge >= 0.3 is 18.2 Å². The predicted molar refractivity (Wildman–Crippen MR) is 64.7 cm³/mol. The maximum Gasteiger partial charge on any atom is 0.433 e. The van der Waals surface area contributed by atoms with Crippen LogP contribution in [0.2, 0.25) is 0 Å². The maximum atomic E-state index is 12.3. The number of aliphatic carboxylic acids is 1. The standard InChI is InChI=1S/C11H12F3N3O4/c1-21-5-7(9(18)19)17-10(20)16-6-2-3-8(15-4-6)11(12,13)14/h2-4,7H,5H2,1H3,(H,18,19)(H2,16,17,20). The highest BCUT2D eigenvalue weighted by Gasteiger charge is 2.32. The Morgan fingerprint density at radius 1 is 1.43 bits per heavy atom. The van der Waals surface area contributed by atoms with Gasteiger partial charge in [0, 0.05) is 7.11 Å². The molecule has 0 radical (unpaired) electrons. The Kier molecular flexibility index (Phi) is 5.47. The van der Waals surface area contributed by atoms with E-state index in [0.29, 0.717) is 6.07 Å². The molecule has 10 heteroatoms. The second-order valence-corrected chi connectivity index (χ2v) is 3.87.